The lowest BCUT2D eigenvalue weighted by Crippen LogP contribution is -1.91. The van der Waals surface area contributed by atoms with Crippen molar-refractivity contribution in [3.05, 3.63) is 46.5 Å². The molecule has 2 rings (SSSR count). The Morgan fingerprint density at radius 3 is 2.76 bits per heavy atom. The first-order valence-electron chi connectivity index (χ1n) is 4.84. The van der Waals surface area contributed by atoms with Crippen molar-refractivity contribution in [1.29, 1.82) is 5.26 Å². The maximum atomic E-state index is 8.81. The van der Waals surface area contributed by atoms with Crippen LogP contribution in [0.1, 0.15) is 11.4 Å². The van der Waals surface area contributed by atoms with Crippen LogP contribution < -0.4 is 4.74 Å². The van der Waals surface area contributed by atoms with Crippen molar-refractivity contribution in [2.75, 3.05) is 0 Å². The number of halogens is 1. The minimum absolute atomic E-state index is 0.336. The Morgan fingerprint density at radius 1 is 1.24 bits per heavy atom. The summed E-state index contributed by atoms with van der Waals surface area (Å²) in [7, 11) is 0. The van der Waals surface area contributed by atoms with Crippen molar-refractivity contribution in [1.82, 2.24) is 9.97 Å². The van der Waals surface area contributed by atoms with Crippen molar-refractivity contribution in [2.45, 2.75) is 6.92 Å². The topological polar surface area (TPSA) is 58.8 Å². The standard InChI is InChI=1S/C12H8BrN3O/c1-8-2-11(4-10(5-14)16-8)17-12-3-9(13)6-15-7-12/h2-4,6-7H,1H3. The third-order valence-electron chi connectivity index (χ3n) is 1.96. The van der Waals surface area contributed by atoms with Crippen LogP contribution in [0, 0.1) is 18.3 Å². The molecule has 0 aliphatic heterocycles. The Kier molecular flexibility index (Phi) is 3.35. The second kappa shape index (κ2) is 4.93. The molecule has 0 fully saturated rings. The van der Waals surface area contributed by atoms with Gasteiger partial charge in [-0.05, 0) is 28.9 Å². The number of nitrogens with zero attached hydrogens (tertiary/aromatic N) is 3. The average Bonchev–Trinajstić information content (AvgIpc) is 2.28. The van der Waals surface area contributed by atoms with Gasteiger partial charge in [-0.2, -0.15) is 5.26 Å². The second-order valence-corrected chi connectivity index (χ2v) is 4.30. The zero-order valence-electron chi connectivity index (χ0n) is 9.01. The molecule has 0 unspecified atom stereocenters. The molecule has 0 bridgehead atoms. The van der Waals surface area contributed by atoms with E-state index in [1.54, 1.807) is 30.6 Å². The maximum Gasteiger partial charge on any atom is 0.146 e. The molecule has 0 saturated carbocycles. The number of pyridine rings is 2. The number of aromatic nitrogens is 2. The molecule has 0 saturated heterocycles. The molecule has 0 radical (unpaired) electrons. The molecule has 0 atom stereocenters. The molecule has 0 spiro atoms. The summed E-state index contributed by atoms with van der Waals surface area (Å²) in [6, 6.07) is 7.15. The van der Waals surface area contributed by atoms with Crippen LogP contribution in [0.3, 0.4) is 0 Å². The van der Waals surface area contributed by atoms with E-state index in [-0.39, 0.29) is 0 Å². The van der Waals surface area contributed by atoms with Crippen LogP contribution in [0.4, 0.5) is 0 Å². The van der Waals surface area contributed by atoms with Gasteiger partial charge in [0.2, 0.25) is 0 Å². The highest BCUT2D eigenvalue weighted by Gasteiger charge is 2.03. The number of nitriles is 1. The van der Waals surface area contributed by atoms with Gasteiger partial charge in [0.25, 0.3) is 0 Å². The molecule has 2 aromatic heterocycles. The van der Waals surface area contributed by atoms with Crippen molar-refractivity contribution >= 4 is 15.9 Å². The third-order valence-corrected chi connectivity index (χ3v) is 2.39. The van der Waals surface area contributed by atoms with Crippen LogP contribution in [0.5, 0.6) is 11.5 Å². The first kappa shape index (κ1) is 11.6. The minimum Gasteiger partial charge on any atom is -0.456 e. The fraction of sp³-hybridized carbons (Fsp3) is 0.0833. The summed E-state index contributed by atoms with van der Waals surface area (Å²) in [6.07, 6.45) is 3.28. The maximum absolute atomic E-state index is 8.81. The summed E-state index contributed by atoms with van der Waals surface area (Å²) in [5.74, 6) is 1.18. The second-order valence-electron chi connectivity index (χ2n) is 3.38. The molecule has 0 aliphatic rings. The number of rotatable bonds is 2. The van der Waals surface area contributed by atoms with E-state index < -0.39 is 0 Å². The molecule has 0 amide bonds. The summed E-state index contributed by atoms with van der Waals surface area (Å²) in [5, 5.41) is 8.81. The van der Waals surface area contributed by atoms with Crippen LogP contribution in [0.15, 0.2) is 35.1 Å². The number of hydrogen-bond donors (Lipinski definition) is 0. The zero-order chi connectivity index (χ0) is 12.3. The zero-order valence-corrected chi connectivity index (χ0v) is 10.6. The van der Waals surface area contributed by atoms with E-state index in [1.165, 1.54) is 0 Å². The van der Waals surface area contributed by atoms with Gasteiger partial charge < -0.3 is 4.74 Å². The van der Waals surface area contributed by atoms with Gasteiger partial charge >= 0.3 is 0 Å². The number of ether oxygens (including phenoxy) is 1. The van der Waals surface area contributed by atoms with E-state index in [1.807, 2.05) is 13.0 Å². The van der Waals surface area contributed by atoms with Gasteiger partial charge in [0.1, 0.15) is 23.3 Å². The fourth-order valence-electron chi connectivity index (χ4n) is 1.34. The van der Waals surface area contributed by atoms with E-state index in [0.29, 0.717) is 17.2 Å². The first-order valence-corrected chi connectivity index (χ1v) is 5.64. The first-order chi connectivity index (χ1) is 8.17. The molecule has 84 valence electrons. The van der Waals surface area contributed by atoms with Crippen molar-refractivity contribution in [3.8, 4) is 17.6 Å². The largest absolute Gasteiger partial charge is 0.456 e. The number of aryl methyl sites for hydroxylation is 1. The SMILES string of the molecule is Cc1cc(Oc2cncc(Br)c2)cc(C#N)n1. The Bertz CT molecular complexity index is 593. The quantitative estimate of drug-likeness (QED) is 0.852. The highest BCUT2D eigenvalue weighted by atomic mass is 79.9. The average molecular weight is 290 g/mol. The highest BCUT2D eigenvalue weighted by Crippen LogP contribution is 2.24. The van der Waals surface area contributed by atoms with Gasteiger partial charge in [-0.25, -0.2) is 4.98 Å². The third kappa shape index (κ3) is 3.02. The van der Waals surface area contributed by atoms with Gasteiger partial charge in [-0.1, -0.05) is 0 Å². The summed E-state index contributed by atoms with van der Waals surface area (Å²) in [5.41, 5.74) is 1.07. The van der Waals surface area contributed by atoms with Crippen LogP contribution in [-0.4, -0.2) is 9.97 Å². The molecule has 2 aromatic rings. The molecule has 2 heterocycles. The molecule has 4 nitrogen and oxygen atoms in total. The number of hydrogen-bond acceptors (Lipinski definition) is 4. The van der Waals surface area contributed by atoms with E-state index in [2.05, 4.69) is 25.9 Å². The molecule has 5 heteroatoms. The van der Waals surface area contributed by atoms with Crippen LogP contribution >= 0.6 is 15.9 Å². The monoisotopic (exact) mass is 289 g/mol. The minimum atomic E-state index is 0.336. The Hall–Kier alpha value is -1.93. The molecule has 0 aliphatic carbocycles. The van der Waals surface area contributed by atoms with Crippen LogP contribution in [0.2, 0.25) is 0 Å². The van der Waals surface area contributed by atoms with E-state index >= 15 is 0 Å². The summed E-state index contributed by atoms with van der Waals surface area (Å²) >= 11 is 3.31. The van der Waals surface area contributed by atoms with Crippen LogP contribution in [-0.2, 0) is 0 Å². The lowest BCUT2D eigenvalue weighted by atomic mass is 10.3. The molecule has 17 heavy (non-hydrogen) atoms. The van der Waals surface area contributed by atoms with Gasteiger partial charge in [-0.3, -0.25) is 4.98 Å². The molecule has 0 N–H and O–H groups in total. The Labute approximate surface area is 107 Å². The van der Waals surface area contributed by atoms with Gasteiger partial charge in [-0.15, -0.1) is 0 Å². The fourth-order valence-corrected chi connectivity index (χ4v) is 1.68. The predicted molar refractivity (Wildman–Crippen MR) is 65.7 cm³/mol. The summed E-state index contributed by atoms with van der Waals surface area (Å²) in [4.78, 5) is 8.04. The molecule has 0 aromatic carbocycles. The summed E-state index contributed by atoms with van der Waals surface area (Å²) < 4.78 is 6.43. The normalized spacial score (nSPS) is 9.71. The Morgan fingerprint density at radius 2 is 2.06 bits per heavy atom. The summed E-state index contributed by atoms with van der Waals surface area (Å²) in [6.45, 7) is 1.81. The van der Waals surface area contributed by atoms with E-state index in [4.69, 9.17) is 10.00 Å². The molecular formula is C12H8BrN3O. The van der Waals surface area contributed by atoms with Crippen molar-refractivity contribution in [3.63, 3.8) is 0 Å². The van der Waals surface area contributed by atoms with Crippen LogP contribution in [0.25, 0.3) is 0 Å². The van der Waals surface area contributed by atoms with E-state index in [0.717, 1.165) is 10.2 Å². The highest BCUT2D eigenvalue weighted by molar-refractivity contribution is 9.10. The van der Waals surface area contributed by atoms with Gasteiger partial charge in [0.15, 0.2) is 0 Å². The van der Waals surface area contributed by atoms with Gasteiger partial charge in [0.05, 0.1) is 6.20 Å². The smallest absolute Gasteiger partial charge is 0.146 e. The van der Waals surface area contributed by atoms with E-state index in [9.17, 15) is 0 Å². The van der Waals surface area contributed by atoms with Crippen molar-refractivity contribution in [2.24, 2.45) is 0 Å². The Balaban J connectivity index is 2.30. The van der Waals surface area contributed by atoms with Gasteiger partial charge in [0, 0.05) is 28.5 Å². The van der Waals surface area contributed by atoms with Crippen molar-refractivity contribution < 1.29 is 4.74 Å². The molecular weight excluding hydrogens is 282 g/mol. The lowest BCUT2D eigenvalue weighted by Gasteiger charge is -2.06. The lowest BCUT2D eigenvalue weighted by molar-refractivity contribution is 0.478. The predicted octanol–water partition coefficient (Wildman–Crippen LogP) is 3.21.